The molecule has 2 heterocycles. The topological polar surface area (TPSA) is 39.3 Å². The van der Waals surface area contributed by atoms with Crippen LogP contribution in [0.5, 0.6) is 0 Å². The number of rotatable bonds is 3. The quantitative estimate of drug-likeness (QED) is 0.877. The molecule has 3 rings (SSSR count). The van der Waals surface area contributed by atoms with Gasteiger partial charge >= 0.3 is 0 Å². The minimum atomic E-state index is 0.00831. The molecular formula is C17H21N3O. The van der Waals surface area contributed by atoms with E-state index in [1.807, 2.05) is 31.2 Å². The first-order chi connectivity index (χ1) is 10.2. The Balaban J connectivity index is 1.89. The second-order valence-electron chi connectivity index (χ2n) is 5.60. The Morgan fingerprint density at radius 2 is 2.05 bits per heavy atom. The van der Waals surface area contributed by atoms with E-state index < -0.39 is 0 Å². The summed E-state index contributed by atoms with van der Waals surface area (Å²) in [6.07, 6.45) is 1.93. The lowest BCUT2D eigenvalue weighted by molar-refractivity contribution is 0.284. The lowest BCUT2D eigenvalue weighted by Gasteiger charge is -2.35. The summed E-state index contributed by atoms with van der Waals surface area (Å²) in [7, 11) is 0. The Kier molecular flexibility index (Phi) is 3.80. The summed E-state index contributed by atoms with van der Waals surface area (Å²) in [5, 5.41) is 1.10. The number of aryl methyl sites for hydroxylation is 1. The number of hydrogen-bond acceptors (Lipinski definition) is 3. The minimum absolute atomic E-state index is 0.00831. The van der Waals surface area contributed by atoms with Crippen LogP contribution in [0.2, 0.25) is 0 Å². The fourth-order valence-corrected chi connectivity index (χ4v) is 2.96. The molecule has 1 N–H and O–H groups in total. The van der Waals surface area contributed by atoms with Gasteiger partial charge in [-0.2, -0.15) is 0 Å². The fourth-order valence-electron chi connectivity index (χ4n) is 2.96. The van der Waals surface area contributed by atoms with Gasteiger partial charge in [0.1, 0.15) is 5.69 Å². The SMILES string of the molecule is C=CCN1CCN(c2cc3cccc(C)c3[nH]c2=O)CC1. The van der Waals surface area contributed by atoms with Crippen LogP contribution < -0.4 is 10.5 Å². The fraction of sp³-hybridized carbons (Fsp3) is 0.353. The van der Waals surface area contributed by atoms with Crippen molar-refractivity contribution in [1.82, 2.24) is 9.88 Å². The number of piperazine rings is 1. The molecule has 1 fully saturated rings. The molecule has 4 heteroatoms. The monoisotopic (exact) mass is 283 g/mol. The van der Waals surface area contributed by atoms with Crippen molar-refractivity contribution in [2.24, 2.45) is 0 Å². The number of H-pyrrole nitrogens is 1. The second kappa shape index (κ2) is 5.74. The Hall–Kier alpha value is -2.07. The maximum atomic E-state index is 12.4. The first-order valence-corrected chi connectivity index (χ1v) is 7.40. The van der Waals surface area contributed by atoms with Crippen LogP contribution in [-0.4, -0.2) is 42.6 Å². The predicted molar refractivity (Wildman–Crippen MR) is 88.2 cm³/mol. The van der Waals surface area contributed by atoms with E-state index in [-0.39, 0.29) is 5.56 Å². The third kappa shape index (κ3) is 2.72. The molecule has 110 valence electrons. The highest BCUT2D eigenvalue weighted by molar-refractivity contribution is 5.84. The van der Waals surface area contributed by atoms with Crippen molar-refractivity contribution in [3.05, 3.63) is 52.8 Å². The average molecular weight is 283 g/mol. The van der Waals surface area contributed by atoms with Gasteiger partial charge in [-0.1, -0.05) is 24.3 Å². The van der Waals surface area contributed by atoms with Crippen LogP contribution in [0.25, 0.3) is 10.9 Å². The molecular weight excluding hydrogens is 262 g/mol. The summed E-state index contributed by atoms with van der Waals surface area (Å²) in [5.41, 5.74) is 2.84. The summed E-state index contributed by atoms with van der Waals surface area (Å²) in [6, 6.07) is 8.12. The van der Waals surface area contributed by atoms with Crippen LogP contribution in [0, 0.1) is 6.92 Å². The summed E-state index contributed by atoms with van der Waals surface area (Å²) < 4.78 is 0. The van der Waals surface area contributed by atoms with Crippen molar-refractivity contribution in [3.63, 3.8) is 0 Å². The van der Waals surface area contributed by atoms with Crippen LogP contribution in [0.4, 0.5) is 5.69 Å². The maximum Gasteiger partial charge on any atom is 0.271 e. The van der Waals surface area contributed by atoms with Gasteiger partial charge < -0.3 is 9.88 Å². The number of nitrogens with zero attached hydrogens (tertiary/aromatic N) is 2. The number of aromatic amines is 1. The molecule has 1 saturated heterocycles. The molecule has 1 aromatic carbocycles. The van der Waals surface area contributed by atoms with Gasteiger partial charge in [0.15, 0.2) is 0 Å². The summed E-state index contributed by atoms with van der Waals surface area (Å²) >= 11 is 0. The zero-order chi connectivity index (χ0) is 14.8. The Labute approximate surface area is 124 Å². The maximum absolute atomic E-state index is 12.4. The average Bonchev–Trinajstić information content (AvgIpc) is 2.49. The summed E-state index contributed by atoms with van der Waals surface area (Å²) in [5.74, 6) is 0. The van der Waals surface area contributed by atoms with E-state index in [1.54, 1.807) is 0 Å². The number of para-hydroxylation sites is 1. The van der Waals surface area contributed by atoms with Crippen molar-refractivity contribution in [3.8, 4) is 0 Å². The number of pyridine rings is 1. The van der Waals surface area contributed by atoms with Gasteiger partial charge in [-0.15, -0.1) is 6.58 Å². The molecule has 0 spiro atoms. The number of anilines is 1. The van der Waals surface area contributed by atoms with E-state index in [0.29, 0.717) is 0 Å². The van der Waals surface area contributed by atoms with E-state index >= 15 is 0 Å². The van der Waals surface area contributed by atoms with Crippen molar-refractivity contribution in [2.75, 3.05) is 37.6 Å². The van der Waals surface area contributed by atoms with Gasteiger partial charge in [-0.25, -0.2) is 0 Å². The third-order valence-corrected chi connectivity index (χ3v) is 4.17. The van der Waals surface area contributed by atoms with E-state index in [0.717, 1.165) is 54.9 Å². The highest BCUT2D eigenvalue weighted by Gasteiger charge is 2.18. The zero-order valence-electron chi connectivity index (χ0n) is 12.4. The molecule has 0 unspecified atom stereocenters. The molecule has 1 aliphatic heterocycles. The number of fused-ring (bicyclic) bond motifs is 1. The Morgan fingerprint density at radius 1 is 1.29 bits per heavy atom. The van der Waals surface area contributed by atoms with Crippen LogP contribution in [0.15, 0.2) is 41.7 Å². The van der Waals surface area contributed by atoms with Gasteiger partial charge in [-0.05, 0) is 18.6 Å². The number of benzene rings is 1. The van der Waals surface area contributed by atoms with E-state index in [4.69, 9.17) is 0 Å². The Morgan fingerprint density at radius 3 is 2.76 bits per heavy atom. The predicted octanol–water partition coefficient (Wildman–Crippen LogP) is 2.14. The lowest BCUT2D eigenvalue weighted by atomic mass is 10.1. The largest absolute Gasteiger partial charge is 0.365 e. The first kappa shape index (κ1) is 13.9. The Bertz CT molecular complexity index is 712. The van der Waals surface area contributed by atoms with Crippen LogP contribution >= 0.6 is 0 Å². The number of hydrogen-bond donors (Lipinski definition) is 1. The summed E-state index contributed by atoms with van der Waals surface area (Å²) in [4.78, 5) is 19.9. The molecule has 4 nitrogen and oxygen atoms in total. The normalized spacial score (nSPS) is 16.3. The smallest absolute Gasteiger partial charge is 0.271 e. The summed E-state index contributed by atoms with van der Waals surface area (Å²) in [6.45, 7) is 10.4. The van der Waals surface area contributed by atoms with Crippen molar-refractivity contribution in [2.45, 2.75) is 6.92 Å². The van der Waals surface area contributed by atoms with Gasteiger partial charge in [0.05, 0.1) is 5.52 Å². The number of aromatic nitrogens is 1. The van der Waals surface area contributed by atoms with E-state index in [9.17, 15) is 4.79 Å². The van der Waals surface area contributed by atoms with Crippen molar-refractivity contribution >= 4 is 16.6 Å². The molecule has 0 radical (unpaired) electrons. The van der Waals surface area contributed by atoms with Crippen molar-refractivity contribution in [1.29, 1.82) is 0 Å². The van der Waals surface area contributed by atoms with E-state index in [2.05, 4.69) is 27.4 Å². The van der Waals surface area contributed by atoms with Crippen molar-refractivity contribution < 1.29 is 0 Å². The highest BCUT2D eigenvalue weighted by atomic mass is 16.1. The lowest BCUT2D eigenvalue weighted by Crippen LogP contribution is -2.47. The van der Waals surface area contributed by atoms with Gasteiger partial charge in [0.2, 0.25) is 0 Å². The molecule has 0 saturated carbocycles. The highest BCUT2D eigenvalue weighted by Crippen LogP contribution is 2.20. The van der Waals surface area contributed by atoms with Gasteiger partial charge in [0.25, 0.3) is 5.56 Å². The zero-order valence-corrected chi connectivity index (χ0v) is 12.4. The molecule has 0 bridgehead atoms. The van der Waals surface area contributed by atoms with Crippen LogP contribution in [0.1, 0.15) is 5.56 Å². The molecule has 21 heavy (non-hydrogen) atoms. The van der Waals surface area contributed by atoms with Gasteiger partial charge in [-0.3, -0.25) is 9.69 Å². The molecule has 0 aliphatic carbocycles. The minimum Gasteiger partial charge on any atom is -0.365 e. The third-order valence-electron chi connectivity index (χ3n) is 4.17. The first-order valence-electron chi connectivity index (χ1n) is 7.40. The molecule has 1 aromatic heterocycles. The standard InChI is InChI=1S/C17H21N3O/c1-3-7-19-8-10-20(11-9-19)15-12-14-6-4-5-13(2)16(14)18-17(15)21/h3-6,12H,1,7-11H2,2H3,(H,18,21). The van der Waals surface area contributed by atoms with E-state index in [1.165, 1.54) is 0 Å². The number of nitrogens with one attached hydrogen (secondary N) is 1. The molecule has 1 aliphatic rings. The van der Waals surface area contributed by atoms with Crippen LogP contribution in [0.3, 0.4) is 0 Å². The van der Waals surface area contributed by atoms with Crippen LogP contribution in [-0.2, 0) is 0 Å². The molecule has 0 amide bonds. The van der Waals surface area contributed by atoms with Gasteiger partial charge in [0, 0.05) is 38.1 Å². The molecule has 2 aromatic rings. The molecule has 0 atom stereocenters. The second-order valence-corrected chi connectivity index (χ2v) is 5.60.